The van der Waals surface area contributed by atoms with Crippen molar-refractivity contribution in [3.05, 3.63) is 29.8 Å². The summed E-state index contributed by atoms with van der Waals surface area (Å²) < 4.78 is 0. The minimum Gasteiger partial charge on any atom is -0.508 e. The summed E-state index contributed by atoms with van der Waals surface area (Å²) in [6, 6.07) is 7.20. The second-order valence-electron chi connectivity index (χ2n) is 3.12. The van der Waals surface area contributed by atoms with Gasteiger partial charge in [0.05, 0.1) is 11.6 Å². The van der Waals surface area contributed by atoms with Crippen LogP contribution in [0.1, 0.15) is 12.5 Å². The van der Waals surface area contributed by atoms with Crippen molar-refractivity contribution in [2.24, 2.45) is 4.99 Å². The lowest BCUT2D eigenvalue weighted by molar-refractivity contribution is 0.475. The molecule has 0 radical (unpaired) electrons. The second-order valence-corrected chi connectivity index (χ2v) is 4.55. The van der Waals surface area contributed by atoms with Crippen molar-refractivity contribution in [2.75, 3.05) is 6.54 Å². The SMILES string of the molecule is CC1CN=C(c2ccc(O)cc2)S1. The first-order valence-electron chi connectivity index (χ1n) is 4.26. The molecule has 0 saturated carbocycles. The molecule has 1 aliphatic heterocycles. The Balaban J connectivity index is 2.22. The Hall–Kier alpha value is -0.960. The van der Waals surface area contributed by atoms with Gasteiger partial charge in [-0.25, -0.2) is 0 Å². The van der Waals surface area contributed by atoms with Gasteiger partial charge in [-0.1, -0.05) is 6.92 Å². The molecule has 0 bridgehead atoms. The van der Waals surface area contributed by atoms with Crippen molar-refractivity contribution < 1.29 is 5.11 Å². The average Bonchev–Trinajstić information content (AvgIpc) is 2.53. The van der Waals surface area contributed by atoms with Gasteiger partial charge in [0.2, 0.25) is 0 Å². The summed E-state index contributed by atoms with van der Waals surface area (Å²) in [4.78, 5) is 4.41. The summed E-state index contributed by atoms with van der Waals surface area (Å²) in [6.45, 7) is 3.07. The lowest BCUT2D eigenvalue weighted by atomic mass is 10.2. The third kappa shape index (κ3) is 1.86. The number of hydrogen-bond acceptors (Lipinski definition) is 3. The van der Waals surface area contributed by atoms with Gasteiger partial charge in [-0.15, -0.1) is 11.8 Å². The van der Waals surface area contributed by atoms with Gasteiger partial charge in [-0.3, -0.25) is 4.99 Å². The Morgan fingerprint density at radius 2 is 2.08 bits per heavy atom. The van der Waals surface area contributed by atoms with Gasteiger partial charge in [0.15, 0.2) is 0 Å². The molecule has 2 rings (SSSR count). The summed E-state index contributed by atoms with van der Waals surface area (Å²) in [5.74, 6) is 0.306. The molecule has 1 aliphatic rings. The Morgan fingerprint density at radius 1 is 1.38 bits per heavy atom. The average molecular weight is 193 g/mol. The van der Waals surface area contributed by atoms with Gasteiger partial charge in [0.25, 0.3) is 0 Å². The molecule has 0 aliphatic carbocycles. The van der Waals surface area contributed by atoms with Crippen LogP contribution in [0.4, 0.5) is 0 Å². The number of phenolic OH excluding ortho intramolecular Hbond substituents is 1. The zero-order chi connectivity index (χ0) is 9.26. The van der Waals surface area contributed by atoms with Gasteiger partial charge in [-0.2, -0.15) is 0 Å². The van der Waals surface area contributed by atoms with Crippen LogP contribution in [-0.4, -0.2) is 21.9 Å². The van der Waals surface area contributed by atoms with E-state index in [1.165, 1.54) is 0 Å². The fourth-order valence-electron chi connectivity index (χ4n) is 1.24. The highest BCUT2D eigenvalue weighted by Crippen LogP contribution is 2.25. The van der Waals surface area contributed by atoms with Gasteiger partial charge in [0, 0.05) is 10.8 Å². The predicted octanol–water partition coefficient (Wildman–Crippen LogP) is 2.27. The van der Waals surface area contributed by atoms with Crippen LogP contribution in [0.3, 0.4) is 0 Å². The normalized spacial score (nSPS) is 21.6. The van der Waals surface area contributed by atoms with E-state index in [-0.39, 0.29) is 0 Å². The molecule has 1 aromatic rings. The van der Waals surface area contributed by atoms with Crippen LogP contribution in [0, 0.1) is 0 Å². The highest BCUT2D eigenvalue weighted by molar-refractivity contribution is 8.15. The topological polar surface area (TPSA) is 32.6 Å². The molecule has 0 spiro atoms. The first kappa shape index (κ1) is 8.63. The lowest BCUT2D eigenvalue weighted by Crippen LogP contribution is -1.95. The Bertz CT molecular complexity index is 331. The molecule has 1 heterocycles. The molecule has 1 aromatic carbocycles. The highest BCUT2D eigenvalue weighted by Gasteiger charge is 2.15. The van der Waals surface area contributed by atoms with E-state index < -0.39 is 0 Å². The predicted molar refractivity (Wildman–Crippen MR) is 56.6 cm³/mol. The molecule has 2 nitrogen and oxygen atoms in total. The Labute approximate surface area is 81.7 Å². The monoisotopic (exact) mass is 193 g/mol. The minimum atomic E-state index is 0.306. The van der Waals surface area contributed by atoms with Gasteiger partial charge >= 0.3 is 0 Å². The number of nitrogens with zero attached hydrogens (tertiary/aromatic N) is 1. The maximum Gasteiger partial charge on any atom is 0.115 e. The number of thioether (sulfide) groups is 1. The molecule has 68 valence electrons. The standard InChI is InChI=1S/C10H11NOS/c1-7-6-11-10(13-7)8-2-4-9(12)5-3-8/h2-5,7,12H,6H2,1H3. The van der Waals surface area contributed by atoms with E-state index in [0.29, 0.717) is 11.0 Å². The maximum atomic E-state index is 9.10. The van der Waals surface area contributed by atoms with E-state index in [1.807, 2.05) is 12.1 Å². The number of phenols is 1. The highest BCUT2D eigenvalue weighted by atomic mass is 32.2. The quantitative estimate of drug-likeness (QED) is 0.742. The Kier molecular flexibility index (Phi) is 2.27. The van der Waals surface area contributed by atoms with Crippen LogP contribution in [0.2, 0.25) is 0 Å². The third-order valence-electron chi connectivity index (χ3n) is 1.92. The zero-order valence-electron chi connectivity index (χ0n) is 7.40. The minimum absolute atomic E-state index is 0.306. The Morgan fingerprint density at radius 3 is 2.62 bits per heavy atom. The molecule has 0 fully saturated rings. The van der Waals surface area contributed by atoms with Crippen molar-refractivity contribution in [1.82, 2.24) is 0 Å². The molecular formula is C10H11NOS. The van der Waals surface area contributed by atoms with Crippen LogP contribution < -0.4 is 0 Å². The lowest BCUT2D eigenvalue weighted by Gasteiger charge is -2.01. The van der Waals surface area contributed by atoms with Crippen molar-refractivity contribution in [3.8, 4) is 5.75 Å². The van der Waals surface area contributed by atoms with Gasteiger partial charge in [0.1, 0.15) is 5.75 Å². The molecule has 1 atom stereocenters. The van der Waals surface area contributed by atoms with E-state index in [9.17, 15) is 0 Å². The summed E-state index contributed by atoms with van der Waals surface area (Å²) >= 11 is 1.79. The number of rotatable bonds is 1. The molecule has 0 saturated heterocycles. The number of aliphatic imine (C=N–C) groups is 1. The van der Waals surface area contributed by atoms with Crippen LogP contribution >= 0.6 is 11.8 Å². The van der Waals surface area contributed by atoms with Crippen molar-refractivity contribution >= 4 is 16.8 Å². The van der Waals surface area contributed by atoms with Crippen LogP contribution in [0.5, 0.6) is 5.75 Å². The van der Waals surface area contributed by atoms with Gasteiger partial charge < -0.3 is 5.11 Å². The van der Waals surface area contributed by atoms with Crippen molar-refractivity contribution in [1.29, 1.82) is 0 Å². The van der Waals surface area contributed by atoms with Crippen LogP contribution in [-0.2, 0) is 0 Å². The van der Waals surface area contributed by atoms with E-state index in [0.717, 1.165) is 17.2 Å². The first-order chi connectivity index (χ1) is 6.25. The molecule has 0 amide bonds. The van der Waals surface area contributed by atoms with E-state index >= 15 is 0 Å². The van der Waals surface area contributed by atoms with Crippen molar-refractivity contribution in [3.63, 3.8) is 0 Å². The summed E-state index contributed by atoms with van der Waals surface area (Å²) in [5, 5.41) is 10.8. The first-order valence-corrected chi connectivity index (χ1v) is 5.14. The molecular weight excluding hydrogens is 182 g/mol. The summed E-state index contributed by atoms with van der Waals surface area (Å²) in [7, 11) is 0. The second kappa shape index (κ2) is 3.42. The molecule has 1 N–H and O–H groups in total. The number of aromatic hydroxyl groups is 1. The fraction of sp³-hybridized carbons (Fsp3) is 0.300. The summed E-state index contributed by atoms with van der Waals surface area (Å²) in [5.41, 5.74) is 1.10. The van der Waals surface area contributed by atoms with Crippen molar-refractivity contribution in [2.45, 2.75) is 12.2 Å². The largest absolute Gasteiger partial charge is 0.508 e. The molecule has 13 heavy (non-hydrogen) atoms. The number of benzene rings is 1. The number of hydrogen-bond donors (Lipinski definition) is 1. The zero-order valence-corrected chi connectivity index (χ0v) is 8.21. The smallest absolute Gasteiger partial charge is 0.115 e. The maximum absolute atomic E-state index is 9.10. The van der Waals surface area contributed by atoms with E-state index in [2.05, 4.69) is 11.9 Å². The van der Waals surface area contributed by atoms with Gasteiger partial charge in [-0.05, 0) is 24.3 Å². The van der Waals surface area contributed by atoms with Crippen LogP contribution in [0.25, 0.3) is 0 Å². The third-order valence-corrected chi connectivity index (χ3v) is 3.06. The summed E-state index contributed by atoms with van der Waals surface area (Å²) in [6.07, 6.45) is 0. The molecule has 3 heteroatoms. The fourth-order valence-corrected chi connectivity index (χ4v) is 2.19. The van der Waals surface area contributed by atoms with Crippen LogP contribution in [0.15, 0.2) is 29.3 Å². The molecule has 1 unspecified atom stereocenters. The molecule has 0 aromatic heterocycles. The van der Waals surface area contributed by atoms with E-state index in [1.54, 1.807) is 23.9 Å². The van der Waals surface area contributed by atoms with E-state index in [4.69, 9.17) is 5.11 Å².